The Bertz CT molecular complexity index is 671. The Morgan fingerprint density at radius 1 is 1.28 bits per heavy atom. The number of rotatable bonds is 1. The Hall–Kier alpha value is 0.500. The number of fused-ring (bicyclic) bond motifs is 6. The van der Waals surface area contributed by atoms with Crippen molar-refractivity contribution in [1.82, 2.24) is 0 Å². The molecule has 0 bridgehead atoms. The van der Waals surface area contributed by atoms with Crippen molar-refractivity contribution in [3.8, 4) is 0 Å². The Balaban J connectivity index is 1.42. The molecule has 6 aliphatic rings. The lowest BCUT2D eigenvalue weighted by molar-refractivity contribution is -0.141. The molecule has 25 heavy (non-hydrogen) atoms. The zero-order chi connectivity index (χ0) is 17.4. The van der Waals surface area contributed by atoms with E-state index in [2.05, 4.69) is 39.2 Å². The predicted octanol–water partition coefficient (Wildman–Crippen LogP) is 4.13. The molecule has 0 radical (unpaired) electrons. The van der Waals surface area contributed by atoms with Crippen LogP contribution in [0.4, 0.5) is 0 Å². The topological polar surface area (TPSA) is 38.8 Å². The molecule has 5 saturated carbocycles. The fourth-order valence-corrected chi connectivity index (χ4v) is 9.80. The van der Waals surface area contributed by atoms with E-state index in [4.69, 9.17) is 9.26 Å². The van der Waals surface area contributed by atoms with E-state index < -0.39 is 0 Å². The summed E-state index contributed by atoms with van der Waals surface area (Å²) in [7, 11) is 2.46. The van der Waals surface area contributed by atoms with Gasteiger partial charge in [0.2, 0.25) is 0 Å². The molecule has 138 valence electrons. The summed E-state index contributed by atoms with van der Waals surface area (Å²) in [6, 6.07) is 0. The van der Waals surface area contributed by atoms with Crippen LogP contribution in [0.25, 0.3) is 0 Å². The Labute approximate surface area is 160 Å². The highest BCUT2D eigenvalue weighted by Gasteiger charge is 2.81. The fraction of sp³-hybridized carbons (Fsp3) is 0.950. The predicted molar refractivity (Wildman–Crippen MR) is 101 cm³/mol. The number of hydrogen-bond acceptors (Lipinski definition) is 3. The third kappa shape index (κ3) is 1.70. The van der Waals surface area contributed by atoms with Crippen LogP contribution in [0.5, 0.6) is 0 Å². The number of epoxide rings is 1. The number of alkyl halides is 1. The smallest absolute Gasteiger partial charge is 0.142 e. The third-order valence-electron chi connectivity index (χ3n) is 9.68. The number of Topliss-reactive ketones (excluding diaryl/α,β-unsaturated/α-hetero) is 1. The van der Waals surface area contributed by atoms with Gasteiger partial charge in [-0.25, -0.2) is 0 Å². The molecule has 1 aliphatic heterocycles. The molecule has 1 spiro atoms. The van der Waals surface area contributed by atoms with Gasteiger partial charge in [0.1, 0.15) is 17.5 Å². The van der Waals surface area contributed by atoms with Crippen LogP contribution in [-0.2, 0) is 14.1 Å². The first-order valence-electron chi connectivity index (χ1n) is 10.1. The highest BCUT2D eigenvalue weighted by atomic mass is 79.9. The van der Waals surface area contributed by atoms with E-state index in [9.17, 15) is 4.79 Å². The first-order chi connectivity index (χ1) is 11.9. The number of ketones is 1. The molecule has 6 unspecified atom stereocenters. The van der Waals surface area contributed by atoms with Crippen LogP contribution in [0.2, 0.25) is 0 Å². The first-order valence-corrected chi connectivity index (χ1v) is 11.5. The van der Waals surface area contributed by atoms with E-state index in [1.165, 1.54) is 19.3 Å². The lowest BCUT2D eigenvalue weighted by Crippen LogP contribution is -2.62. The van der Waals surface area contributed by atoms with Crippen molar-refractivity contribution in [2.75, 3.05) is 0 Å². The molecular weight excluding hydrogens is 399 g/mol. The van der Waals surface area contributed by atoms with E-state index in [0.717, 1.165) is 19.3 Å². The largest absolute Gasteiger partial charge is 0.364 e. The second-order valence-corrected chi connectivity index (χ2v) is 11.7. The van der Waals surface area contributed by atoms with Crippen molar-refractivity contribution in [2.45, 2.75) is 75.0 Å². The lowest BCUT2D eigenvalue weighted by Gasteiger charge is -2.60. The van der Waals surface area contributed by atoms with Crippen LogP contribution < -0.4 is 0 Å². The minimum atomic E-state index is -0.0492. The maximum Gasteiger partial charge on any atom is 0.142 e. The zero-order valence-electron chi connectivity index (χ0n) is 15.0. The van der Waals surface area contributed by atoms with Gasteiger partial charge in [-0.2, -0.15) is 0 Å². The average Bonchev–Trinajstić information content (AvgIpc) is 3.49. The van der Waals surface area contributed by atoms with E-state index in [-0.39, 0.29) is 16.4 Å². The van der Waals surface area contributed by atoms with Crippen LogP contribution >= 0.6 is 25.4 Å². The van der Waals surface area contributed by atoms with E-state index in [0.29, 0.717) is 52.4 Å². The summed E-state index contributed by atoms with van der Waals surface area (Å²) < 4.78 is 12.2. The van der Waals surface area contributed by atoms with Crippen molar-refractivity contribution < 1.29 is 14.1 Å². The summed E-state index contributed by atoms with van der Waals surface area (Å²) in [6.45, 7) is 4.80. The monoisotopic (exact) mass is 426 g/mol. The standard InChI is InChI=1S/C20H28BrO3P/c1-18-5-4-12-13(14(18)10-7-11(10)16(18)22)15(21)17-20(23-17)8-9(24-25)3-6-19(12,20)2/h9-15,17H,3-8,25H2,1-2H3/t9-,10?,11-,12?,13?,14?,15?,17+,18-,19+,20+/m0/s1. The molecule has 5 aliphatic carbocycles. The van der Waals surface area contributed by atoms with Gasteiger partial charge in [0.15, 0.2) is 0 Å². The molecule has 6 rings (SSSR count). The molecule has 0 aromatic rings. The SMILES string of the molecule is C[C@]12CCC3C(C(Br)[C@H]4O[C@]45C[C@@H](OP)CC[C@]35C)C1C1C[C@@H]1C2=O. The quantitative estimate of drug-likeness (QED) is 0.359. The number of ether oxygens (including phenoxy) is 1. The van der Waals surface area contributed by atoms with Crippen LogP contribution in [0.3, 0.4) is 0 Å². The summed E-state index contributed by atoms with van der Waals surface area (Å²) in [4.78, 5) is 13.4. The van der Waals surface area contributed by atoms with Crippen molar-refractivity contribution in [1.29, 1.82) is 0 Å². The zero-order valence-corrected chi connectivity index (χ0v) is 17.8. The molecule has 6 fully saturated rings. The molecule has 0 aromatic carbocycles. The van der Waals surface area contributed by atoms with E-state index >= 15 is 0 Å². The second-order valence-electron chi connectivity index (χ2n) is 10.3. The Morgan fingerprint density at radius 2 is 2.08 bits per heavy atom. The first kappa shape index (κ1) is 16.5. The second kappa shape index (κ2) is 4.73. The summed E-state index contributed by atoms with van der Waals surface area (Å²) in [5, 5.41) is 0. The van der Waals surface area contributed by atoms with Gasteiger partial charge in [-0.3, -0.25) is 4.79 Å². The van der Waals surface area contributed by atoms with E-state index in [1.807, 2.05) is 0 Å². The maximum atomic E-state index is 13.0. The van der Waals surface area contributed by atoms with Gasteiger partial charge in [0.05, 0.1) is 6.10 Å². The maximum absolute atomic E-state index is 13.0. The van der Waals surface area contributed by atoms with Crippen LogP contribution in [0.15, 0.2) is 0 Å². The summed E-state index contributed by atoms with van der Waals surface area (Å²) in [5.74, 6) is 3.55. The highest BCUT2D eigenvalue weighted by molar-refractivity contribution is 9.09. The Kier molecular flexibility index (Phi) is 3.11. The van der Waals surface area contributed by atoms with Gasteiger partial charge < -0.3 is 9.26 Å². The number of hydrogen-bond donors (Lipinski definition) is 0. The van der Waals surface area contributed by atoms with Crippen molar-refractivity contribution >= 4 is 31.2 Å². The normalized spacial score (nSPS) is 66.8. The van der Waals surface area contributed by atoms with Gasteiger partial charge in [0, 0.05) is 37.5 Å². The van der Waals surface area contributed by atoms with Gasteiger partial charge in [0.25, 0.3) is 0 Å². The number of halogens is 1. The molecule has 0 amide bonds. The molecule has 3 nitrogen and oxygen atoms in total. The van der Waals surface area contributed by atoms with Gasteiger partial charge in [-0.1, -0.05) is 29.8 Å². The van der Waals surface area contributed by atoms with Crippen molar-refractivity contribution in [2.24, 2.45) is 40.4 Å². The molecule has 0 N–H and O–H groups in total. The molecule has 12 atom stereocenters. The molecule has 5 heteroatoms. The summed E-state index contributed by atoms with van der Waals surface area (Å²) >= 11 is 4.10. The summed E-state index contributed by atoms with van der Waals surface area (Å²) in [5.41, 5.74) is 0.219. The third-order valence-corrected chi connectivity index (χ3v) is 11.2. The Morgan fingerprint density at radius 3 is 2.84 bits per heavy atom. The van der Waals surface area contributed by atoms with Gasteiger partial charge in [-0.15, -0.1) is 0 Å². The van der Waals surface area contributed by atoms with Crippen LogP contribution in [0.1, 0.15) is 52.4 Å². The molecular formula is C20H28BrO3P. The fourth-order valence-electron chi connectivity index (χ4n) is 8.34. The number of carbonyl (C=O) groups excluding carboxylic acids is 1. The van der Waals surface area contributed by atoms with Gasteiger partial charge >= 0.3 is 0 Å². The minimum absolute atomic E-state index is 0.0150. The van der Waals surface area contributed by atoms with Gasteiger partial charge in [-0.05, 0) is 55.8 Å². The van der Waals surface area contributed by atoms with Crippen LogP contribution in [-0.4, -0.2) is 28.4 Å². The van der Waals surface area contributed by atoms with Crippen molar-refractivity contribution in [3.63, 3.8) is 0 Å². The van der Waals surface area contributed by atoms with Crippen molar-refractivity contribution in [3.05, 3.63) is 0 Å². The lowest BCUT2D eigenvalue weighted by atomic mass is 9.44. The molecule has 1 heterocycles. The highest BCUT2D eigenvalue weighted by Crippen LogP contribution is 2.77. The molecule has 1 saturated heterocycles. The minimum Gasteiger partial charge on any atom is -0.364 e. The number of carbonyl (C=O) groups is 1. The van der Waals surface area contributed by atoms with E-state index in [1.54, 1.807) is 0 Å². The molecule has 0 aromatic heterocycles. The van der Waals surface area contributed by atoms with Crippen LogP contribution in [0, 0.1) is 40.4 Å². The summed E-state index contributed by atoms with van der Waals surface area (Å²) in [6.07, 6.45) is 7.48. The average molecular weight is 427 g/mol.